The molecule has 0 spiro atoms. The molecule has 3 aromatic rings. The van der Waals surface area contributed by atoms with Gasteiger partial charge in [-0.25, -0.2) is 0 Å². The van der Waals surface area contributed by atoms with Gasteiger partial charge in [0.15, 0.2) is 0 Å². The predicted molar refractivity (Wildman–Crippen MR) is 134 cm³/mol. The van der Waals surface area contributed by atoms with Crippen LogP contribution in [0.1, 0.15) is 11.1 Å². The number of phenolic OH excluding ortho intramolecular Hbond substituents is 1. The van der Waals surface area contributed by atoms with E-state index in [1.54, 1.807) is 12.1 Å². The minimum absolute atomic E-state index is 0.265. The Kier molecular flexibility index (Phi) is 6.42. The van der Waals surface area contributed by atoms with Crippen LogP contribution in [0.25, 0.3) is 11.6 Å². The van der Waals surface area contributed by atoms with Crippen LogP contribution in [0.2, 0.25) is 5.02 Å². The van der Waals surface area contributed by atoms with Crippen molar-refractivity contribution in [2.24, 2.45) is 0 Å². The minimum Gasteiger partial charge on any atom is -0.508 e. The Labute approximate surface area is 199 Å². The topological polar surface area (TPSA) is 45.2 Å². The van der Waals surface area contributed by atoms with Crippen molar-refractivity contribution >= 4 is 28.9 Å². The fourth-order valence-electron chi connectivity index (χ4n) is 4.27. The maximum atomic E-state index is 9.49. The van der Waals surface area contributed by atoms with Crippen molar-refractivity contribution in [3.05, 3.63) is 82.9 Å². The van der Waals surface area contributed by atoms with E-state index in [1.165, 1.54) is 5.69 Å². The largest absolute Gasteiger partial charge is 0.508 e. The van der Waals surface area contributed by atoms with Gasteiger partial charge in [-0.2, -0.15) is 0 Å². The molecule has 1 N–H and O–H groups in total. The predicted octanol–water partition coefficient (Wildman–Crippen LogP) is 5.18. The number of anilines is 1. The molecule has 2 aliphatic heterocycles. The standard InChI is InChI=1S/C27H27ClN2O3/c28-23-2-1-3-24(17-23)30-12-10-29(11-13-30)14-15-32-26-9-6-21-16-22(19-33-27(21)18-26)20-4-7-25(31)8-5-20/h1-9,16-18,31H,10-15,19H2. The number of hydrogen-bond donors (Lipinski definition) is 1. The molecule has 6 heteroatoms. The van der Waals surface area contributed by atoms with E-state index in [4.69, 9.17) is 21.1 Å². The zero-order valence-electron chi connectivity index (χ0n) is 18.4. The van der Waals surface area contributed by atoms with Gasteiger partial charge in [-0.05, 0) is 59.7 Å². The van der Waals surface area contributed by atoms with Gasteiger partial charge in [0.1, 0.15) is 30.5 Å². The molecule has 0 saturated carbocycles. The van der Waals surface area contributed by atoms with Gasteiger partial charge in [0.25, 0.3) is 0 Å². The Hall–Kier alpha value is -3.15. The van der Waals surface area contributed by atoms with E-state index >= 15 is 0 Å². The first-order valence-electron chi connectivity index (χ1n) is 11.3. The first-order chi connectivity index (χ1) is 16.1. The molecular formula is C27H27ClN2O3. The molecule has 0 aromatic heterocycles. The summed E-state index contributed by atoms with van der Waals surface area (Å²) in [6.07, 6.45) is 2.13. The molecule has 5 nitrogen and oxygen atoms in total. The van der Waals surface area contributed by atoms with Crippen LogP contribution >= 0.6 is 11.6 Å². The summed E-state index contributed by atoms with van der Waals surface area (Å²) in [5.41, 5.74) is 4.37. The molecule has 170 valence electrons. The second-order valence-electron chi connectivity index (χ2n) is 8.36. The molecule has 0 atom stereocenters. The fourth-order valence-corrected chi connectivity index (χ4v) is 4.46. The second-order valence-corrected chi connectivity index (χ2v) is 8.80. The van der Waals surface area contributed by atoms with Gasteiger partial charge in [-0.3, -0.25) is 4.90 Å². The van der Waals surface area contributed by atoms with E-state index in [9.17, 15) is 5.11 Å². The van der Waals surface area contributed by atoms with Crippen LogP contribution < -0.4 is 14.4 Å². The lowest BCUT2D eigenvalue weighted by molar-refractivity contribution is 0.200. The van der Waals surface area contributed by atoms with E-state index in [-0.39, 0.29) is 5.75 Å². The minimum atomic E-state index is 0.265. The summed E-state index contributed by atoms with van der Waals surface area (Å²) in [6.45, 7) is 6.03. The third-order valence-electron chi connectivity index (χ3n) is 6.16. The van der Waals surface area contributed by atoms with Gasteiger partial charge in [-0.15, -0.1) is 0 Å². The summed E-state index contributed by atoms with van der Waals surface area (Å²) in [6, 6.07) is 21.3. The van der Waals surface area contributed by atoms with Gasteiger partial charge < -0.3 is 19.5 Å². The summed E-state index contributed by atoms with van der Waals surface area (Å²) in [4.78, 5) is 4.81. The first kappa shape index (κ1) is 21.7. The maximum absolute atomic E-state index is 9.49. The van der Waals surface area contributed by atoms with Crippen molar-refractivity contribution in [1.82, 2.24) is 4.90 Å². The molecule has 0 aliphatic carbocycles. The molecule has 5 rings (SSSR count). The monoisotopic (exact) mass is 462 g/mol. The lowest BCUT2D eigenvalue weighted by Crippen LogP contribution is -2.47. The van der Waals surface area contributed by atoms with Crippen molar-refractivity contribution in [3.8, 4) is 17.2 Å². The Bertz CT molecular complexity index is 1140. The Balaban J connectivity index is 1.12. The summed E-state index contributed by atoms with van der Waals surface area (Å²) >= 11 is 6.13. The lowest BCUT2D eigenvalue weighted by Gasteiger charge is -2.36. The summed E-state index contributed by atoms with van der Waals surface area (Å²) in [5.74, 6) is 1.93. The number of phenols is 1. The average Bonchev–Trinajstić information content (AvgIpc) is 2.85. The zero-order valence-corrected chi connectivity index (χ0v) is 19.2. The summed E-state index contributed by atoms with van der Waals surface area (Å²) in [5, 5.41) is 10.3. The Morgan fingerprint density at radius 2 is 1.76 bits per heavy atom. The third kappa shape index (κ3) is 5.27. The molecule has 0 bridgehead atoms. The van der Waals surface area contributed by atoms with Gasteiger partial charge >= 0.3 is 0 Å². The highest BCUT2D eigenvalue weighted by molar-refractivity contribution is 6.30. The van der Waals surface area contributed by atoms with Crippen LogP contribution in [0.4, 0.5) is 5.69 Å². The maximum Gasteiger partial charge on any atom is 0.130 e. The van der Waals surface area contributed by atoms with E-state index in [1.807, 2.05) is 48.5 Å². The smallest absolute Gasteiger partial charge is 0.130 e. The van der Waals surface area contributed by atoms with E-state index in [2.05, 4.69) is 21.9 Å². The number of benzene rings is 3. The molecule has 0 amide bonds. The number of piperazine rings is 1. The van der Waals surface area contributed by atoms with Crippen LogP contribution in [0.3, 0.4) is 0 Å². The van der Waals surface area contributed by atoms with Crippen molar-refractivity contribution < 1.29 is 14.6 Å². The molecular weight excluding hydrogens is 436 g/mol. The fraction of sp³-hybridized carbons (Fsp3) is 0.259. The Morgan fingerprint density at radius 1 is 0.939 bits per heavy atom. The van der Waals surface area contributed by atoms with Crippen LogP contribution in [-0.4, -0.2) is 55.9 Å². The number of halogens is 1. The molecule has 0 unspecified atom stereocenters. The highest BCUT2D eigenvalue weighted by Gasteiger charge is 2.18. The number of nitrogens with zero attached hydrogens (tertiary/aromatic N) is 2. The van der Waals surface area contributed by atoms with E-state index < -0.39 is 0 Å². The number of rotatable bonds is 6. The molecule has 1 fully saturated rings. The summed E-state index contributed by atoms with van der Waals surface area (Å²) < 4.78 is 12.0. The average molecular weight is 463 g/mol. The normalized spacial score (nSPS) is 16.0. The van der Waals surface area contributed by atoms with Gasteiger partial charge in [0.2, 0.25) is 0 Å². The van der Waals surface area contributed by atoms with Crippen molar-refractivity contribution in [2.75, 3.05) is 50.8 Å². The van der Waals surface area contributed by atoms with Crippen LogP contribution in [-0.2, 0) is 0 Å². The number of fused-ring (bicyclic) bond motifs is 1. The van der Waals surface area contributed by atoms with Gasteiger partial charge in [0.05, 0.1) is 0 Å². The van der Waals surface area contributed by atoms with Gasteiger partial charge in [0, 0.05) is 55.1 Å². The highest BCUT2D eigenvalue weighted by atomic mass is 35.5. The lowest BCUT2D eigenvalue weighted by atomic mass is 10.0. The second kappa shape index (κ2) is 9.77. The van der Waals surface area contributed by atoms with Crippen LogP contribution in [0.5, 0.6) is 17.2 Å². The molecule has 0 radical (unpaired) electrons. The van der Waals surface area contributed by atoms with E-state index in [0.717, 1.165) is 65.9 Å². The van der Waals surface area contributed by atoms with E-state index in [0.29, 0.717) is 13.2 Å². The number of hydrogen-bond acceptors (Lipinski definition) is 5. The van der Waals surface area contributed by atoms with Crippen LogP contribution in [0.15, 0.2) is 66.7 Å². The molecule has 3 aromatic carbocycles. The highest BCUT2D eigenvalue weighted by Crippen LogP contribution is 2.33. The van der Waals surface area contributed by atoms with Gasteiger partial charge in [-0.1, -0.05) is 29.8 Å². The number of aromatic hydroxyl groups is 1. The Morgan fingerprint density at radius 3 is 2.55 bits per heavy atom. The SMILES string of the molecule is Oc1ccc(C2=Cc3ccc(OCCN4CCN(c5cccc(Cl)c5)CC4)cc3OC2)cc1. The third-order valence-corrected chi connectivity index (χ3v) is 6.39. The molecule has 2 aliphatic rings. The van der Waals surface area contributed by atoms with Crippen molar-refractivity contribution in [3.63, 3.8) is 0 Å². The first-order valence-corrected chi connectivity index (χ1v) is 11.6. The molecule has 33 heavy (non-hydrogen) atoms. The van der Waals surface area contributed by atoms with Crippen LogP contribution in [0, 0.1) is 0 Å². The molecule has 2 heterocycles. The van der Waals surface area contributed by atoms with Crippen molar-refractivity contribution in [1.29, 1.82) is 0 Å². The summed E-state index contributed by atoms with van der Waals surface area (Å²) in [7, 11) is 0. The van der Waals surface area contributed by atoms with Crippen molar-refractivity contribution in [2.45, 2.75) is 0 Å². The zero-order chi connectivity index (χ0) is 22.6. The quantitative estimate of drug-likeness (QED) is 0.547. The number of ether oxygens (including phenoxy) is 2. The molecule has 1 saturated heterocycles.